The number of nitrogens with zero attached hydrogens (tertiary/aromatic N) is 2. The highest BCUT2D eigenvalue weighted by Crippen LogP contribution is 2.21. The molecule has 1 aromatic heterocycles. The first-order chi connectivity index (χ1) is 12.0. The Bertz CT molecular complexity index is 746. The standard InChI is InChI=1S/C17H20ClN3O3S/c1-21-15(10-14(20-21)11-4-6-12(18)7-5-11)16(22)19-13(8-9-25-3)17(23)24-2/h4-7,10,13H,8-9H2,1-3H3,(H,19,22)/t13-/m0/s1. The van der Waals surface area contributed by atoms with Crippen LogP contribution in [0.4, 0.5) is 0 Å². The number of carbonyl (C=O) groups is 2. The summed E-state index contributed by atoms with van der Waals surface area (Å²) in [6.07, 6.45) is 2.44. The van der Waals surface area contributed by atoms with E-state index in [1.54, 1.807) is 37.0 Å². The molecule has 2 aromatic rings. The van der Waals surface area contributed by atoms with Gasteiger partial charge in [0.1, 0.15) is 11.7 Å². The van der Waals surface area contributed by atoms with E-state index in [1.165, 1.54) is 11.8 Å². The first kappa shape index (κ1) is 19.3. The molecule has 0 aliphatic carbocycles. The number of hydrogen-bond acceptors (Lipinski definition) is 5. The SMILES string of the molecule is COC(=O)[C@H](CCSC)NC(=O)c1cc(-c2ccc(Cl)cc2)nn1C. The highest BCUT2D eigenvalue weighted by Gasteiger charge is 2.23. The van der Waals surface area contributed by atoms with Gasteiger partial charge in [-0.15, -0.1) is 0 Å². The third-order valence-electron chi connectivity index (χ3n) is 3.65. The van der Waals surface area contributed by atoms with Crippen molar-refractivity contribution in [2.24, 2.45) is 7.05 Å². The maximum absolute atomic E-state index is 12.6. The lowest BCUT2D eigenvalue weighted by Crippen LogP contribution is -2.42. The zero-order valence-corrected chi connectivity index (χ0v) is 15.9. The molecule has 1 aromatic carbocycles. The summed E-state index contributed by atoms with van der Waals surface area (Å²) in [6.45, 7) is 0. The van der Waals surface area contributed by atoms with E-state index in [2.05, 4.69) is 10.4 Å². The lowest BCUT2D eigenvalue weighted by molar-refractivity contribution is -0.142. The quantitative estimate of drug-likeness (QED) is 0.746. The number of aromatic nitrogens is 2. The Kier molecular flexibility index (Phi) is 6.90. The summed E-state index contributed by atoms with van der Waals surface area (Å²) in [7, 11) is 2.99. The zero-order valence-electron chi connectivity index (χ0n) is 14.3. The Morgan fingerprint density at radius 1 is 1.36 bits per heavy atom. The molecule has 8 heteroatoms. The van der Waals surface area contributed by atoms with Crippen LogP contribution in [0.25, 0.3) is 11.3 Å². The minimum absolute atomic E-state index is 0.364. The molecule has 2 rings (SSSR count). The largest absolute Gasteiger partial charge is 0.467 e. The third-order valence-corrected chi connectivity index (χ3v) is 4.55. The summed E-state index contributed by atoms with van der Waals surface area (Å²) >= 11 is 7.49. The first-order valence-electron chi connectivity index (χ1n) is 7.64. The number of hydrogen-bond donors (Lipinski definition) is 1. The topological polar surface area (TPSA) is 73.2 Å². The van der Waals surface area contributed by atoms with Gasteiger partial charge in [0.15, 0.2) is 0 Å². The van der Waals surface area contributed by atoms with Gasteiger partial charge in [-0.1, -0.05) is 23.7 Å². The molecule has 1 atom stereocenters. The second-order valence-electron chi connectivity index (χ2n) is 5.38. The van der Waals surface area contributed by atoms with Crippen molar-refractivity contribution in [3.8, 4) is 11.3 Å². The van der Waals surface area contributed by atoms with Crippen LogP contribution in [0.2, 0.25) is 5.02 Å². The number of amides is 1. The molecule has 0 unspecified atom stereocenters. The van der Waals surface area contributed by atoms with E-state index in [1.807, 2.05) is 18.4 Å². The van der Waals surface area contributed by atoms with Crippen LogP contribution in [0.3, 0.4) is 0 Å². The van der Waals surface area contributed by atoms with Crippen molar-refractivity contribution in [3.05, 3.63) is 41.0 Å². The van der Waals surface area contributed by atoms with Crippen molar-refractivity contribution >= 4 is 35.2 Å². The first-order valence-corrected chi connectivity index (χ1v) is 9.41. The lowest BCUT2D eigenvalue weighted by Gasteiger charge is -2.15. The normalized spacial score (nSPS) is 11.8. The van der Waals surface area contributed by atoms with Crippen LogP contribution in [0, 0.1) is 0 Å². The van der Waals surface area contributed by atoms with Gasteiger partial charge >= 0.3 is 5.97 Å². The maximum atomic E-state index is 12.6. The van der Waals surface area contributed by atoms with Crippen LogP contribution in [-0.4, -0.2) is 46.8 Å². The molecular formula is C17H20ClN3O3S. The number of ether oxygens (including phenoxy) is 1. The molecule has 134 valence electrons. The third kappa shape index (κ3) is 4.99. The smallest absolute Gasteiger partial charge is 0.328 e. The number of nitrogens with one attached hydrogen (secondary N) is 1. The molecule has 1 N–H and O–H groups in total. The van der Waals surface area contributed by atoms with E-state index in [0.717, 1.165) is 11.3 Å². The van der Waals surface area contributed by atoms with Gasteiger partial charge in [-0.3, -0.25) is 9.48 Å². The predicted octanol–water partition coefficient (Wildman–Crippen LogP) is 2.77. The van der Waals surface area contributed by atoms with Gasteiger partial charge in [-0.05, 0) is 36.6 Å². The van der Waals surface area contributed by atoms with E-state index in [-0.39, 0.29) is 5.91 Å². The van der Waals surface area contributed by atoms with Crippen LogP contribution in [0.15, 0.2) is 30.3 Å². The second-order valence-corrected chi connectivity index (χ2v) is 6.80. The van der Waals surface area contributed by atoms with Crippen molar-refractivity contribution in [1.29, 1.82) is 0 Å². The number of halogens is 1. The fraction of sp³-hybridized carbons (Fsp3) is 0.353. The predicted molar refractivity (Wildman–Crippen MR) is 99.9 cm³/mol. The molecule has 0 aliphatic rings. The molecule has 0 bridgehead atoms. The van der Waals surface area contributed by atoms with Crippen molar-refractivity contribution in [1.82, 2.24) is 15.1 Å². The van der Waals surface area contributed by atoms with Crippen LogP contribution >= 0.6 is 23.4 Å². The molecule has 6 nitrogen and oxygen atoms in total. The van der Waals surface area contributed by atoms with Crippen LogP contribution in [0.5, 0.6) is 0 Å². The van der Waals surface area contributed by atoms with E-state index in [9.17, 15) is 9.59 Å². The van der Waals surface area contributed by atoms with Crippen LogP contribution < -0.4 is 5.32 Å². The maximum Gasteiger partial charge on any atom is 0.328 e. The van der Waals surface area contributed by atoms with Gasteiger partial charge in [0.25, 0.3) is 5.91 Å². The minimum Gasteiger partial charge on any atom is -0.467 e. The fourth-order valence-electron chi connectivity index (χ4n) is 2.30. The summed E-state index contributed by atoms with van der Waals surface area (Å²) < 4.78 is 6.25. The van der Waals surface area contributed by atoms with E-state index < -0.39 is 12.0 Å². The molecule has 1 amide bonds. The van der Waals surface area contributed by atoms with Gasteiger partial charge in [0.2, 0.25) is 0 Å². The Hall–Kier alpha value is -1.99. The average Bonchev–Trinajstić information content (AvgIpc) is 3.00. The number of thioether (sulfide) groups is 1. The highest BCUT2D eigenvalue weighted by molar-refractivity contribution is 7.98. The van der Waals surface area contributed by atoms with Gasteiger partial charge in [0.05, 0.1) is 12.8 Å². The Morgan fingerprint density at radius 2 is 2.04 bits per heavy atom. The molecule has 0 saturated carbocycles. The van der Waals surface area contributed by atoms with Gasteiger partial charge in [0, 0.05) is 17.6 Å². The van der Waals surface area contributed by atoms with Crippen LogP contribution in [0.1, 0.15) is 16.9 Å². The lowest BCUT2D eigenvalue weighted by atomic mass is 10.1. The zero-order chi connectivity index (χ0) is 18.4. The van der Waals surface area contributed by atoms with Gasteiger partial charge in [-0.2, -0.15) is 16.9 Å². The van der Waals surface area contributed by atoms with E-state index in [0.29, 0.717) is 22.8 Å². The highest BCUT2D eigenvalue weighted by atomic mass is 35.5. The number of carbonyl (C=O) groups excluding carboxylic acids is 2. The molecule has 0 saturated heterocycles. The number of aryl methyl sites for hydroxylation is 1. The number of benzene rings is 1. The molecule has 1 heterocycles. The number of methoxy groups -OCH3 is 1. The summed E-state index contributed by atoms with van der Waals surface area (Å²) in [4.78, 5) is 24.4. The van der Waals surface area contributed by atoms with E-state index in [4.69, 9.17) is 16.3 Å². The Balaban J connectivity index is 2.18. The molecule has 25 heavy (non-hydrogen) atoms. The summed E-state index contributed by atoms with van der Waals surface area (Å²) in [6, 6.07) is 8.20. The molecule has 0 spiro atoms. The van der Waals surface area contributed by atoms with E-state index >= 15 is 0 Å². The van der Waals surface area contributed by atoms with Gasteiger partial charge in [-0.25, -0.2) is 4.79 Å². The average molecular weight is 382 g/mol. The summed E-state index contributed by atoms with van der Waals surface area (Å²) in [5.41, 5.74) is 1.87. The summed E-state index contributed by atoms with van der Waals surface area (Å²) in [5, 5.41) is 7.72. The molecular weight excluding hydrogens is 362 g/mol. The van der Waals surface area contributed by atoms with Crippen molar-refractivity contribution < 1.29 is 14.3 Å². The van der Waals surface area contributed by atoms with Crippen LogP contribution in [-0.2, 0) is 16.6 Å². The second kappa shape index (κ2) is 8.92. The van der Waals surface area contributed by atoms with Crippen molar-refractivity contribution in [2.45, 2.75) is 12.5 Å². The molecule has 0 fully saturated rings. The molecule has 0 aliphatic heterocycles. The molecule has 0 radical (unpaired) electrons. The number of esters is 1. The minimum atomic E-state index is -0.682. The van der Waals surface area contributed by atoms with Crippen molar-refractivity contribution in [3.63, 3.8) is 0 Å². The number of rotatable bonds is 7. The summed E-state index contributed by atoms with van der Waals surface area (Å²) in [5.74, 6) is -0.0872. The Morgan fingerprint density at radius 3 is 2.64 bits per heavy atom. The van der Waals surface area contributed by atoms with Crippen molar-refractivity contribution in [2.75, 3.05) is 19.1 Å². The fourth-order valence-corrected chi connectivity index (χ4v) is 2.90. The van der Waals surface area contributed by atoms with Gasteiger partial charge < -0.3 is 10.1 Å². The monoisotopic (exact) mass is 381 g/mol. The Labute approximate surface area is 155 Å².